The Morgan fingerprint density at radius 1 is 1.50 bits per heavy atom. The van der Waals surface area contributed by atoms with Crippen molar-refractivity contribution in [2.24, 2.45) is 5.73 Å². The zero-order valence-corrected chi connectivity index (χ0v) is 14.5. The number of benzene rings is 1. The summed E-state index contributed by atoms with van der Waals surface area (Å²) in [5.74, 6) is 0.963. The van der Waals surface area contributed by atoms with Crippen LogP contribution in [0.3, 0.4) is 0 Å². The molecule has 1 aromatic carbocycles. The van der Waals surface area contributed by atoms with Crippen LogP contribution in [0.2, 0.25) is 0 Å². The molecule has 2 atom stereocenters. The Morgan fingerprint density at radius 3 is 2.95 bits per heavy atom. The molecule has 22 heavy (non-hydrogen) atoms. The molecule has 2 rings (SSSR count). The molecule has 122 valence electrons. The number of hydrogen-bond acceptors (Lipinski definition) is 4. The first kappa shape index (κ1) is 17.3. The van der Waals surface area contributed by atoms with Gasteiger partial charge >= 0.3 is 0 Å². The lowest BCUT2D eigenvalue weighted by Gasteiger charge is -2.35. The van der Waals surface area contributed by atoms with Gasteiger partial charge in [-0.15, -0.1) is 0 Å². The van der Waals surface area contributed by atoms with Crippen molar-refractivity contribution in [3.63, 3.8) is 0 Å². The molecule has 1 saturated heterocycles. The van der Waals surface area contributed by atoms with Crippen LogP contribution in [0.1, 0.15) is 29.2 Å². The maximum atomic E-state index is 12.5. The molecular formula is C17H26N2O2S. The highest BCUT2D eigenvalue weighted by Crippen LogP contribution is 2.26. The molecule has 0 bridgehead atoms. The Hall–Kier alpha value is -1.04. The van der Waals surface area contributed by atoms with E-state index in [-0.39, 0.29) is 12.0 Å². The minimum absolute atomic E-state index is 0.0483. The lowest BCUT2D eigenvalue weighted by Crippen LogP contribution is -2.49. The zero-order valence-electron chi connectivity index (χ0n) is 13.7. The topological polar surface area (TPSA) is 55.6 Å². The van der Waals surface area contributed by atoms with Crippen molar-refractivity contribution in [2.75, 3.05) is 31.7 Å². The first-order chi connectivity index (χ1) is 10.5. The van der Waals surface area contributed by atoms with E-state index in [0.29, 0.717) is 19.7 Å². The Kier molecular flexibility index (Phi) is 6.29. The summed E-state index contributed by atoms with van der Waals surface area (Å²) >= 11 is 1.72. The summed E-state index contributed by atoms with van der Waals surface area (Å²) in [7, 11) is 0. The molecule has 1 heterocycles. The highest BCUT2D eigenvalue weighted by atomic mass is 32.2. The average Bonchev–Trinajstić information content (AvgIpc) is 2.52. The predicted molar refractivity (Wildman–Crippen MR) is 92.2 cm³/mol. The number of hydrogen-bond donors (Lipinski definition) is 1. The third kappa shape index (κ3) is 4.24. The summed E-state index contributed by atoms with van der Waals surface area (Å²) in [5, 5.41) is 0. The fourth-order valence-electron chi connectivity index (χ4n) is 2.83. The van der Waals surface area contributed by atoms with E-state index in [1.165, 1.54) is 16.7 Å². The van der Waals surface area contributed by atoms with Crippen LogP contribution in [0.5, 0.6) is 0 Å². The summed E-state index contributed by atoms with van der Waals surface area (Å²) in [6, 6.07) is 5.96. The van der Waals surface area contributed by atoms with Gasteiger partial charge in [0.15, 0.2) is 0 Å². The second-order valence-electron chi connectivity index (χ2n) is 5.89. The van der Waals surface area contributed by atoms with E-state index >= 15 is 0 Å². The number of carbonyl (C=O) groups excluding carboxylic acids is 1. The standard InChI is InChI=1S/C17H26N2O2S/c1-12-4-5-14(13(2)10-12)16-11-19(7-8-21-16)17(20)15(18)6-9-22-3/h4-5,10,15-16H,6-9,11,18H2,1-3H3/t15-,16+/m0/s1. The van der Waals surface area contributed by atoms with Crippen LogP contribution in [-0.2, 0) is 9.53 Å². The van der Waals surface area contributed by atoms with Gasteiger partial charge in [-0.1, -0.05) is 23.8 Å². The third-order valence-corrected chi connectivity index (χ3v) is 4.74. The van der Waals surface area contributed by atoms with Crippen molar-refractivity contribution in [1.29, 1.82) is 0 Å². The lowest BCUT2D eigenvalue weighted by atomic mass is 9.99. The lowest BCUT2D eigenvalue weighted by molar-refractivity contribution is -0.140. The van der Waals surface area contributed by atoms with Crippen LogP contribution < -0.4 is 5.73 Å². The second-order valence-corrected chi connectivity index (χ2v) is 6.88. The van der Waals surface area contributed by atoms with E-state index < -0.39 is 6.04 Å². The minimum Gasteiger partial charge on any atom is -0.370 e. The van der Waals surface area contributed by atoms with Crippen LogP contribution in [0, 0.1) is 13.8 Å². The van der Waals surface area contributed by atoms with Crippen LogP contribution in [0.4, 0.5) is 0 Å². The van der Waals surface area contributed by atoms with Gasteiger partial charge in [-0.2, -0.15) is 11.8 Å². The number of morpholine rings is 1. The first-order valence-corrected chi connectivity index (χ1v) is 9.14. The smallest absolute Gasteiger partial charge is 0.239 e. The second kappa shape index (κ2) is 7.99. The van der Waals surface area contributed by atoms with Gasteiger partial charge in [-0.3, -0.25) is 4.79 Å². The Morgan fingerprint density at radius 2 is 2.27 bits per heavy atom. The number of carbonyl (C=O) groups is 1. The van der Waals surface area contributed by atoms with Gasteiger partial charge in [0, 0.05) is 6.54 Å². The number of rotatable bonds is 5. The monoisotopic (exact) mass is 322 g/mol. The largest absolute Gasteiger partial charge is 0.370 e. The Bertz CT molecular complexity index is 521. The molecule has 4 nitrogen and oxygen atoms in total. The molecule has 0 spiro atoms. The normalized spacial score (nSPS) is 20.0. The maximum Gasteiger partial charge on any atom is 0.239 e. The van der Waals surface area contributed by atoms with Crippen molar-refractivity contribution in [1.82, 2.24) is 4.90 Å². The maximum absolute atomic E-state index is 12.5. The quantitative estimate of drug-likeness (QED) is 0.903. The molecule has 1 aliphatic heterocycles. The number of thioether (sulfide) groups is 1. The summed E-state index contributed by atoms with van der Waals surface area (Å²) < 4.78 is 5.89. The SMILES string of the molecule is CSCC[C@H](N)C(=O)N1CCO[C@@H](c2ccc(C)cc2C)C1. The van der Waals surface area contributed by atoms with Gasteiger partial charge in [-0.05, 0) is 43.4 Å². The molecule has 2 N–H and O–H groups in total. The van der Waals surface area contributed by atoms with E-state index in [0.717, 1.165) is 12.2 Å². The van der Waals surface area contributed by atoms with Gasteiger partial charge in [0.05, 0.1) is 19.2 Å². The van der Waals surface area contributed by atoms with Crippen molar-refractivity contribution in [3.8, 4) is 0 Å². The molecule has 1 aliphatic rings. The fraction of sp³-hybridized carbons (Fsp3) is 0.588. The highest BCUT2D eigenvalue weighted by molar-refractivity contribution is 7.98. The molecule has 1 amide bonds. The van der Waals surface area contributed by atoms with E-state index in [2.05, 4.69) is 32.0 Å². The summed E-state index contributed by atoms with van der Waals surface area (Å²) in [5.41, 5.74) is 9.64. The Labute approximate surface area is 137 Å². The summed E-state index contributed by atoms with van der Waals surface area (Å²) in [4.78, 5) is 14.3. The van der Waals surface area contributed by atoms with Crippen molar-refractivity contribution in [2.45, 2.75) is 32.4 Å². The van der Waals surface area contributed by atoms with E-state index in [1.54, 1.807) is 11.8 Å². The number of nitrogens with zero attached hydrogens (tertiary/aromatic N) is 1. The molecule has 0 saturated carbocycles. The minimum atomic E-state index is -0.398. The van der Waals surface area contributed by atoms with Crippen molar-refractivity contribution >= 4 is 17.7 Å². The molecule has 0 aliphatic carbocycles. The zero-order chi connectivity index (χ0) is 16.1. The van der Waals surface area contributed by atoms with Crippen molar-refractivity contribution < 1.29 is 9.53 Å². The molecule has 0 aromatic heterocycles. The number of amides is 1. The summed E-state index contributed by atoms with van der Waals surface area (Å²) in [6.45, 7) is 5.97. The fourth-order valence-corrected chi connectivity index (χ4v) is 3.32. The molecule has 0 radical (unpaired) electrons. The highest BCUT2D eigenvalue weighted by Gasteiger charge is 2.28. The van der Waals surface area contributed by atoms with Crippen LogP contribution in [0.25, 0.3) is 0 Å². The van der Waals surface area contributed by atoms with Gasteiger partial charge in [0.1, 0.15) is 6.10 Å². The first-order valence-electron chi connectivity index (χ1n) is 7.75. The van der Waals surface area contributed by atoms with E-state index in [4.69, 9.17) is 10.5 Å². The van der Waals surface area contributed by atoms with Crippen LogP contribution in [0.15, 0.2) is 18.2 Å². The third-order valence-electron chi connectivity index (χ3n) is 4.10. The van der Waals surface area contributed by atoms with Gasteiger partial charge in [0.2, 0.25) is 5.91 Å². The van der Waals surface area contributed by atoms with Gasteiger partial charge in [-0.25, -0.2) is 0 Å². The van der Waals surface area contributed by atoms with Gasteiger partial charge < -0.3 is 15.4 Å². The molecular weight excluding hydrogens is 296 g/mol. The summed E-state index contributed by atoms with van der Waals surface area (Å²) in [6.07, 6.45) is 2.71. The predicted octanol–water partition coefficient (Wildman–Crippen LogP) is 2.28. The Balaban J connectivity index is 2.03. The molecule has 0 unspecified atom stereocenters. The average molecular weight is 322 g/mol. The van der Waals surface area contributed by atoms with E-state index in [1.807, 2.05) is 11.2 Å². The van der Waals surface area contributed by atoms with Gasteiger partial charge in [0.25, 0.3) is 0 Å². The van der Waals surface area contributed by atoms with Crippen LogP contribution in [-0.4, -0.2) is 48.6 Å². The molecule has 1 fully saturated rings. The van der Waals surface area contributed by atoms with Crippen LogP contribution >= 0.6 is 11.8 Å². The molecule has 5 heteroatoms. The number of ether oxygens (including phenoxy) is 1. The van der Waals surface area contributed by atoms with E-state index in [9.17, 15) is 4.79 Å². The molecule has 1 aromatic rings. The number of nitrogens with two attached hydrogens (primary N) is 1. The number of aryl methyl sites for hydroxylation is 2. The van der Waals surface area contributed by atoms with Crippen molar-refractivity contribution in [3.05, 3.63) is 34.9 Å².